The molecule has 0 fully saturated rings. The van der Waals surface area contributed by atoms with Crippen LogP contribution in [-0.4, -0.2) is 17.4 Å². The first kappa shape index (κ1) is 18.5. The maximum Gasteiger partial charge on any atom is 0.258 e. The molecule has 0 N–H and O–H groups in total. The van der Waals surface area contributed by atoms with Gasteiger partial charge < -0.3 is 4.90 Å². The summed E-state index contributed by atoms with van der Waals surface area (Å²) >= 11 is 3.45. The lowest BCUT2D eigenvalue weighted by Gasteiger charge is -2.20. The minimum atomic E-state index is 0.0534. The molecule has 0 aromatic heterocycles. The Balaban J connectivity index is 1.65. The third-order valence-corrected chi connectivity index (χ3v) is 5.33. The highest BCUT2D eigenvalue weighted by molar-refractivity contribution is 9.10. The number of nitrogens with zero attached hydrogens (tertiary/aromatic N) is 1. The Kier molecular flexibility index (Phi) is 5.54. The van der Waals surface area contributed by atoms with Crippen molar-refractivity contribution in [1.82, 2.24) is 4.90 Å². The van der Waals surface area contributed by atoms with Crippen LogP contribution in [0.2, 0.25) is 0 Å². The predicted molar refractivity (Wildman–Crippen MR) is 118 cm³/mol. The number of carbonyl (C=O) groups is 1. The van der Waals surface area contributed by atoms with Gasteiger partial charge in [0.15, 0.2) is 0 Å². The molecular formula is C25H20BrNO. The van der Waals surface area contributed by atoms with Crippen molar-refractivity contribution in [2.45, 2.75) is 6.42 Å². The standard InChI is InChI=1S/C25H20BrNO/c26-23-13-11-20(12-14-23)17-22-18-24(21-9-5-2-6-10-21)27(25(22)28)16-15-19-7-3-1-4-8-19/h1-14,17-18H,15-16H2/b22-17+. The van der Waals surface area contributed by atoms with E-state index in [0.29, 0.717) is 12.1 Å². The van der Waals surface area contributed by atoms with E-state index in [4.69, 9.17) is 0 Å². The molecule has 1 heterocycles. The molecule has 0 bridgehead atoms. The maximum atomic E-state index is 13.2. The molecule has 0 spiro atoms. The van der Waals surface area contributed by atoms with E-state index in [0.717, 1.165) is 27.7 Å². The van der Waals surface area contributed by atoms with Crippen molar-refractivity contribution in [1.29, 1.82) is 0 Å². The summed E-state index contributed by atoms with van der Waals surface area (Å²) in [5.74, 6) is 0.0534. The van der Waals surface area contributed by atoms with Gasteiger partial charge in [0, 0.05) is 16.6 Å². The van der Waals surface area contributed by atoms with Gasteiger partial charge in [-0.1, -0.05) is 88.7 Å². The molecule has 0 radical (unpaired) electrons. The molecule has 2 nitrogen and oxygen atoms in total. The van der Waals surface area contributed by atoms with Crippen molar-refractivity contribution in [3.63, 3.8) is 0 Å². The van der Waals surface area contributed by atoms with E-state index >= 15 is 0 Å². The first-order valence-corrected chi connectivity index (χ1v) is 10.1. The second-order valence-corrected chi connectivity index (χ2v) is 7.65. The van der Waals surface area contributed by atoms with Crippen LogP contribution in [0.25, 0.3) is 11.8 Å². The molecule has 138 valence electrons. The SMILES string of the molecule is O=C1/C(=C/c2ccc(Br)cc2)C=C(c2ccccc2)N1CCc1ccccc1. The number of benzene rings is 3. The molecule has 3 aromatic carbocycles. The third-order valence-electron chi connectivity index (χ3n) is 4.80. The van der Waals surface area contributed by atoms with Crippen LogP contribution in [-0.2, 0) is 11.2 Å². The summed E-state index contributed by atoms with van der Waals surface area (Å²) in [5, 5.41) is 0. The minimum absolute atomic E-state index is 0.0534. The van der Waals surface area contributed by atoms with Crippen molar-refractivity contribution < 1.29 is 4.79 Å². The quantitative estimate of drug-likeness (QED) is 0.458. The van der Waals surface area contributed by atoms with E-state index in [1.807, 2.05) is 77.7 Å². The van der Waals surface area contributed by atoms with E-state index < -0.39 is 0 Å². The van der Waals surface area contributed by atoms with Gasteiger partial charge in [0.2, 0.25) is 0 Å². The summed E-state index contributed by atoms with van der Waals surface area (Å²) in [6.07, 6.45) is 4.78. The van der Waals surface area contributed by atoms with Crippen LogP contribution >= 0.6 is 15.9 Å². The normalized spacial score (nSPS) is 15.2. The molecule has 3 aromatic rings. The molecule has 0 saturated heterocycles. The highest BCUT2D eigenvalue weighted by Crippen LogP contribution is 2.31. The summed E-state index contributed by atoms with van der Waals surface area (Å²) in [5.41, 5.74) is 4.98. The average molecular weight is 430 g/mol. The zero-order valence-corrected chi connectivity index (χ0v) is 17.0. The Labute approximate surface area is 174 Å². The van der Waals surface area contributed by atoms with Gasteiger partial charge in [0.1, 0.15) is 0 Å². The molecule has 1 aliphatic rings. The summed E-state index contributed by atoms with van der Waals surface area (Å²) in [6, 6.07) is 28.4. The highest BCUT2D eigenvalue weighted by Gasteiger charge is 2.28. The van der Waals surface area contributed by atoms with Crippen LogP contribution in [0.1, 0.15) is 16.7 Å². The van der Waals surface area contributed by atoms with Gasteiger partial charge in [-0.25, -0.2) is 0 Å². The monoisotopic (exact) mass is 429 g/mol. The van der Waals surface area contributed by atoms with Crippen LogP contribution in [0.4, 0.5) is 0 Å². The summed E-state index contributed by atoms with van der Waals surface area (Å²) in [6.45, 7) is 0.654. The Morgan fingerprint density at radius 2 is 1.46 bits per heavy atom. The number of halogens is 1. The van der Waals surface area contributed by atoms with Crippen molar-refractivity contribution in [3.8, 4) is 0 Å². The van der Waals surface area contributed by atoms with Crippen LogP contribution in [0.5, 0.6) is 0 Å². The molecule has 1 aliphatic heterocycles. The van der Waals surface area contributed by atoms with Crippen molar-refractivity contribution in [2.75, 3.05) is 6.54 Å². The third kappa shape index (κ3) is 4.15. The van der Waals surface area contributed by atoms with Gasteiger partial charge in [-0.2, -0.15) is 0 Å². The molecule has 28 heavy (non-hydrogen) atoms. The molecule has 0 saturated carbocycles. The van der Waals surface area contributed by atoms with Crippen LogP contribution in [0, 0.1) is 0 Å². The largest absolute Gasteiger partial charge is 0.307 e. The molecule has 3 heteroatoms. The summed E-state index contributed by atoms with van der Waals surface area (Å²) in [7, 11) is 0. The molecule has 0 unspecified atom stereocenters. The topological polar surface area (TPSA) is 20.3 Å². The van der Waals surface area contributed by atoms with Gasteiger partial charge in [-0.15, -0.1) is 0 Å². The molecule has 0 aliphatic carbocycles. The smallest absolute Gasteiger partial charge is 0.258 e. The number of hydrogen-bond acceptors (Lipinski definition) is 1. The fraction of sp³-hybridized carbons (Fsp3) is 0.0800. The van der Waals surface area contributed by atoms with Crippen LogP contribution < -0.4 is 0 Å². The first-order chi connectivity index (χ1) is 13.7. The first-order valence-electron chi connectivity index (χ1n) is 9.31. The lowest BCUT2D eigenvalue weighted by Crippen LogP contribution is -2.27. The fourth-order valence-electron chi connectivity index (χ4n) is 3.35. The van der Waals surface area contributed by atoms with E-state index in [-0.39, 0.29) is 5.91 Å². The fourth-order valence-corrected chi connectivity index (χ4v) is 3.61. The number of amides is 1. The van der Waals surface area contributed by atoms with E-state index in [1.54, 1.807) is 0 Å². The maximum absolute atomic E-state index is 13.2. The second-order valence-electron chi connectivity index (χ2n) is 6.74. The molecule has 4 rings (SSSR count). The minimum Gasteiger partial charge on any atom is -0.307 e. The molecular weight excluding hydrogens is 410 g/mol. The van der Waals surface area contributed by atoms with Crippen LogP contribution in [0.15, 0.2) is 101 Å². The van der Waals surface area contributed by atoms with E-state index in [9.17, 15) is 4.79 Å². The van der Waals surface area contributed by atoms with Gasteiger partial charge >= 0.3 is 0 Å². The Bertz CT molecular complexity index is 1020. The van der Waals surface area contributed by atoms with Crippen molar-refractivity contribution in [3.05, 3.63) is 118 Å². The zero-order chi connectivity index (χ0) is 19.3. The van der Waals surface area contributed by atoms with Gasteiger partial charge in [-0.3, -0.25) is 4.79 Å². The molecule has 1 amide bonds. The van der Waals surface area contributed by atoms with E-state index in [2.05, 4.69) is 40.2 Å². The van der Waals surface area contributed by atoms with Crippen molar-refractivity contribution >= 4 is 33.6 Å². The lowest BCUT2D eigenvalue weighted by molar-refractivity contribution is -0.122. The second kappa shape index (κ2) is 8.41. The number of rotatable bonds is 5. The Morgan fingerprint density at radius 3 is 2.14 bits per heavy atom. The summed E-state index contributed by atoms with van der Waals surface area (Å²) in [4.78, 5) is 15.1. The Morgan fingerprint density at radius 1 is 0.821 bits per heavy atom. The number of hydrogen-bond donors (Lipinski definition) is 0. The van der Waals surface area contributed by atoms with Crippen molar-refractivity contribution in [2.24, 2.45) is 0 Å². The van der Waals surface area contributed by atoms with Gasteiger partial charge in [0.25, 0.3) is 5.91 Å². The lowest BCUT2D eigenvalue weighted by atomic mass is 10.1. The Hall–Kier alpha value is -2.91. The molecule has 0 atom stereocenters. The average Bonchev–Trinajstić information content (AvgIpc) is 3.05. The van der Waals surface area contributed by atoms with Gasteiger partial charge in [-0.05, 0) is 47.4 Å². The number of carbonyl (C=O) groups excluding carboxylic acids is 1. The predicted octanol–water partition coefficient (Wildman–Crippen LogP) is 5.96. The van der Waals surface area contributed by atoms with Crippen LogP contribution in [0.3, 0.4) is 0 Å². The summed E-state index contributed by atoms with van der Waals surface area (Å²) < 4.78 is 1.03. The zero-order valence-electron chi connectivity index (χ0n) is 15.4. The highest BCUT2D eigenvalue weighted by atomic mass is 79.9. The van der Waals surface area contributed by atoms with E-state index in [1.165, 1.54) is 5.56 Å². The van der Waals surface area contributed by atoms with Gasteiger partial charge in [0.05, 0.1) is 5.70 Å².